The van der Waals surface area contributed by atoms with Crippen LogP contribution in [0.2, 0.25) is 51.4 Å². The highest BCUT2D eigenvalue weighted by Gasteiger charge is 2.39. The Kier molecular flexibility index (Phi) is 11.0. The highest BCUT2D eigenvalue weighted by atomic mass is 127. The van der Waals surface area contributed by atoms with Gasteiger partial charge in [0, 0.05) is 47.0 Å². The van der Waals surface area contributed by atoms with Gasteiger partial charge in [-0.2, -0.15) is 9.61 Å². The Labute approximate surface area is 244 Å². The van der Waals surface area contributed by atoms with Gasteiger partial charge in [0.15, 0.2) is 5.65 Å². The molecule has 0 radical (unpaired) electrons. The van der Waals surface area contributed by atoms with E-state index in [0.717, 1.165) is 58.9 Å². The van der Waals surface area contributed by atoms with Crippen LogP contribution in [0.3, 0.4) is 0 Å². The van der Waals surface area contributed by atoms with Crippen molar-refractivity contribution in [1.29, 1.82) is 0 Å². The highest BCUT2D eigenvalue weighted by molar-refractivity contribution is 14.1. The molecule has 8 nitrogen and oxygen atoms in total. The average molecular weight is 675 g/mol. The molecule has 0 saturated heterocycles. The number of fused-ring (bicyclic) bond motifs is 1. The number of halogens is 1. The van der Waals surface area contributed by atoms with Gasteiger partial charge >= 0.3 is 0 Å². The maximum atomic E-state index is 12.3. The van der Waals surface area contributed by atoms with E-state index in [9.17, 15) is 9.90 Å². The third kappa shape index (κ3) is 8.56. The van der Waals surface area contributed by atoms with Gasteiger partial charge in [0.1, 0.15) is 25.1 Å². The van der Waals surface area contributed by atoms with E-state index in [0.29, 0.717) is 26.3 Å². The lowest BCUT2D eigenvalue weighted by atomic mass is 9.68. The number of rotatable bonds is 14. The Hall–Kier alpha value is -0.866. The fourth-order valence-corrected chi connectivity index (χ4v) is 6.72. The maximum Gasteiger partial charge on any atom is 0.171 e. The summed E-state index contributed by atoms with van der Waals surface area (Å²) >= 11 is 2.29. The predicted molar refractivity (Wildman–Crippen MR) is 168 cm³/mol. The SMILES string of the molecule is CC(=O)C1(CO)CCC(c2cc(N(COCC[Si](C)(C)C)COCC[Si](C)(C)C)n3ncc(I)c3n2)CC1. The molecule has 1 saturated carbocycles. The molecule has 214 valence electrons. The van der Waals surface area contributed by atoms with Gasteiger partial charge in [-0.15, -0.1) is 0 Å². The van der Waals surface area contributed by atoms with Gasteiger partial charge < -0.3 is 19.5 Å². The van der Waals surface area contributed by atoms with E-state index in [1.807, 2.05) is 10.7 Å². The number of ketones is 1. The molecule has 0 aromatic carbocycles. The molecule has 1 N–H and O–H groups in total. The van der Waals surface area contributed by atoms with Crippen LogP contribution in [-0.4, -0.2) is 74.9 Å². The van der Waals surface area contributed by atoms with Crippen LogP contribution in [0.25, 0.3) is 5.65 Å². The van der Waals surface area contributed by atoms with Crippen LogP contribution in [0, 0.1) is 8.99 Å². The van der Waals surface area contributed by atoms with Gasteiger partial charge in [-0.3, -0.25) is 4.79 Å². The first-order chi connectivity index (χ1) is 17.7. The lowest BCUT2D eigenvalue weighted by Gasteiger charge is -2.37. The summed E-state index contributed by atoms with van der Waals surface area (Å²) in [4.78, 5) is 19.4. The predicted octanol–water partition coefficient (Wildman–Crippen LogP) is 5.99. The smallest absolute Gasteiger partial charge is 0.171 e. The summed E-state index contributed by atoms with van der Waals surface area (Å²) in [7, 11) is -2.39. The summed E-state index contributed by atoms with van der Waals surface area (Å²) in [6.07, 6.45) is 4.87. The number of Topliss-reactive ketones (excluding diaryl/α,β-unsaturated/α-hetero) is 1. The summed E-state index contributed by atoms with van der Waals surface area (Å²) in [5, 5.41) is 14.6. The fourth-order valence-electron chi connectivity index (χ4n) is 4.74. The van der Waals surface area contributed by atoms with Crippen LogP contribution < -0.4 is 4.90 Å². The molecule has 0 amide bonds. The molecule has 2 aromatic heterocycles. The van der Waals surface area contributed by atoms with Gasteiger partial charge in [-0.05, 0) is 67.3 Å². The zero-order chi connectivity index (χ0) is 28.1. The van der Waals surface area contributed by atoms with E-state index in [1.165, 1.54) is 0 Å². The molecular weight excluding hydrogens is 627 g/mol. The Bertz CT molecular complexity index is 1050. The van der Waals surface area contributed by atoms with Crippen LogP contribution in [0.15, 0.2) is 12.3 Å². The number of aromatic nitrogens is 3. The zero-order valence-corrected chi connectivity index (χ0v) is 28.5. The Balaban J connectivity index is 1.87. The second-order valence-electron chi connectivity index (χ2n) is 13.3. The summed E-state index contributed by atoms with van der Waals surface area (Å²) in [5.74, 6) is 1.23. The van der Waals surface area contributed by atoms with E-state index in [2.05, 4.69) is 77.9 Å². The molecule has 0 bridgehead atoms. The standard InChI is InChI=1S/C27H47IN4O4Si2/c1-21(34)27(18-33)10-8-22(9-11-27)24-16-25(32-26(30-24)23(28)17-29-32)31(19-35-12-14-37(2,3)4)20-36-13-15-38(5,6)7/h16-17,22,33H,8-15,18-20H2,1-7H3. The number of hydrogen-bond donors (Lipinski definition) is 1. The second kappa shape index (κ2) is 13.2. The number of carbonyl (C=O) groups is 1. The van der Waals surface area contributed by atoms with E-state index >= 15 is 0 Å². The second-order valence-corrected chi connectivity index (χ2v) is 25.7. The first-order valence-corrected chi connectivity index (χ1v) is 22.3. The fraction of sp³-hybridized carbons (Fsp3) is 0.741. The molecule has 2 heterocycles. The topological polar surface area (TPSA) is 89.2 Å². The van der Waals surface area contributed by atoms with Crippen molar-refractivity contribution in [3.05, 3.63) is 21.5 Å². The number of anilines is 1. The minimum Gasteiger partial charge on any atom is -0.395 e. The summed E-state index contributed by atoms with van der Waals surface area (Å²) in [6.45, 7) is 18.0. The van der Waals surface area contributed by atoms with E-state index in [4.69, 9.17) is 14.5 Å². The van der Waals surface area contributed by atoms with E-state index in [1.54, 1.807) is 6.92 Å². The Morgan fingerprint density at radius 3 is 2.13 bits per heavy atom. The molecular formula is C27H47IN4O4Si2. The molecule has 1 aliphatic carbocycles. The summed E-state index contributed by atoms with van der Waals surface area (Å²) in [5.41, 5.74) is 1.24. The molecule has 0 spiro atoms. The first-order valence-electron chi connectivity index (χ1n) is 13.8. The van der Waals surface area contributed by atoms with Gasteiger partial charge in [-0.25, -0.2) is 4.98 Å². The largest absolute Gasteiger partial charge is 0.395 e. The van der Waals surface area contributed by atoms with Gasteiger partial charge in [0.2, 0.25) is 0 Å². The monoisotopic (exact) mass is 674 g/mol. The molecule has 0 aliphatic heterocycles. The lowest BCUT2D eigenvalue weighted by molar-refractivity contribution is -0.131. The Morgan fingerprint density at radius 2 is 1.66 bits per heavy atom. The molecule has 2 aromatic rings. The molecule has 0 unspecified atom stereocenters. The highest BCUT2D eigenvalue weighted by Crippen LogP contribution is 2.43. The third-order valence-electron chi connectivity index (χ3n) is 7.65. The summed E-state index contributed by atoms with van der Waals surface area (Å²) in [6, 6.07) is 4.35. The molecule has 0 atom stereocenters. The molecule has 38 heavy (non-hydrogen) atoms. The molecule has 1 fully saturated rings. The van der Waals surface area contributed by atoms with Crippen molar-refractivity contribution in [2.24, 2.45) is 5.41 Å². The van der Waals surface area contributed by atoms with Crippen molar-refractivity contribution < 1.29 is 19.4 Å². The van der Waals surface area contributed by atoms with Crippen molar-refractivity contribution in [1.82, 2.24) is 14.6 Å². The number of nitrogens with zero attached hydrogens (tertiary/aromatic N) is 4. The van der Waals surface area contributed by atoms with Crippen molar-refractivity contribution in [2.45, 2.75) is 89.9 Å². The lowest BCUT2D eigenvalue weighted by Crippen LogP contribution is -2.37. The Morgan fingerprint density at radius 1 is 1.11 bits per heavy atom. The van der Waals surface area contributed by atoms with Crippen LogP contribution in [0.1, 0.15) is 44.2 Å². The molecule has 11 heteroatoms. The molecule has 3 rings (SSSR count). The minimum atomic E-state index is -1.20. The number of ether oxygens (including phenoxy) is 2. The van der Waals surface area contributed by atoms with Crippen LogP contribution in [0.5, 0.6) is 0 Å². The van der Waals surface area contributed by atoms with Crippen LogP contribution in [0.4, 0.5) is 5.82 Å². The van der Waals surface area contributed by atoms with E-state index < -0.39 is 21.6 Å². The van der Waals surface area contributed by atoms with Crippen molar-refractivity contribution in [3.63, 3.8) is 0 Å². The van der Waals surface area contributed by atoms with Gasteiger partial charge in [0.25, 0.3) is 0 Å². The molecule has 1 aliphatic rings. The normalized spacial score (nSPS) is 20.7. The van der Waals surface area contributed by atoms with Crippen molar-refractivity contribution in [2.75, 3.05) is 38.2 Å². The number of aliphatic hydroxyl groups excluding tert-OH is 1. The quantitative estimate of drug-likeness (QED) is 0.114. The summed E-state index contributed by atoms with van der Waals surface area (Å²) < 4.78 is 15.3. The number of carbonyl (C=O) groups excluding carboxylic acids is 1. The number of hydrogen-bond acceptors (Lipinski definition) is 7. The van der Waals surface area contributed by atoms with Crippen LogP contribution >= 0.6 is 22.6 Å². The average Bonchev–Trinajstić information content (AvgIpc) is 3.22. The maximum absolute atomic E-state index is 12.3. The third-order valence-corrected chi connectivity index (χ3v) is 11.8. The van der Waals surface area contributed by atoms with Gasteiger partial charge in [0.05, 0.1) is 21.8 Å². The van der Waals surface area contributed by atoms with Crippen LogP contribution in [-0.2, 0) is 14.3 Å². The van der Waals surface area contributed by atoms with Crippen molar-refractivity contribution >= 4 is 56.0 Å². The number of aliphatic hydroxyl groups is 1. The first kappa shape index (κ1) is 31.7. The van der Waals surface area contributed by atoms with Crippen molar-refractivity contribution in [3.8, 4) is 0 Å². The zero-order valence-electron chi connectivity index (χ0n) is 24.3. The van der Waals surface area contributed by atoms with E-state index in [-0.39, 0.29) is 18.3 Å². The minimum absolute atomic E-state index is 0.0788. The van der Waals surface area contributed by atoms with Gasteiger partial charge in [-0.1, -0.05) is 39.3 Å².